The van der Waals surface area contributed by atoms with Crippen LogP contribution in [0, 0.1) is 5.92 Å². The lowest BCUT2D eigenvalue weighted by atomic mass is 10.3. The Balaban J connectivity index is 2.41. The van der Waals surface area contributed by atoms with Gasteiger partial charge in [-0.15, -0.1) is 11.6 Å². The lowest BCUT2D eigenvalue weighted by Gasteiger charge is -2.14. The molecule has 1 N–H and O–H groups in total. The Morgan fingerprint density at radius 2 is 2.07 bits per heavy atom. The monoisotopic (exact) mass is 237 g/mol. The molecule has 0 aromatic rings. The van der Waals surface area contributed by atoms with Crippen LogP contribution in [0.3, 0.4) is 0 Å². The van der Waals surface area contributed by atoms with Crippen molar-refractivity contribution in [1.82, 2.24) is 4.72 Å². The molecular formula is C9H16ClNO2S. The van der Waals surface area contributed by atoms with Gasteiger partial charge in [-0.05, 0) is 18.8 Å². The first-order chi connectivity index (χ1) is 6.53. The van der Waals surface area contributed by atoms with Crippen molar-refractivity contribution in [3.8, 4) is 0 Å². The van der Waals surface area contributed by atoms with Crippen LogP contribution in [0.5, 0.6) is 0 Å². The molecule has 0 fully saturated rings. The average molecular weight is 238 g/mol. The van der Waals surface area contributed by atoms with E-state index in [0.717, 1.165) is 12.8 Å². The van der Waals surface area contributed by atoms with E-state index in [1.807, 2.05) is 19.1 Å². The fraction of sp³-hybridized carbons (Fsp3) is 0.778. The van der Waals surface area contributed by atoms with E-state index in [4.69, 9.17) is 11.6 Å². The highest BCUT2D eigenvalue weighted by atomic mass is 35.5. The van der Waals surface area contributed by atoms with Crippen LogP contribution in [0.25, 0.3) is 0 Å². The number of hydrogen-bond donors (Lipinski definition) is 1. The summed E-state index contributed by atoms with van der Waals surface area (Å²) >= 11 is 5.57. The second kappa shape index (κ2) is 5.14. The second-order valence-electron chi connectivity index (χ2n) is 3.80. The number of nitrogens with one attached hydrogen (secondary N) is 1. The second-order valence-corrected chi connectivity index (χ2v) is 5.91. The third kappa shape index (κ3) is 3.98. The maximum absolute atomic E-state index is 11.6. The number of halogens is 1. The molecule has 3 nitrogen and oxygen atoms in total. The van der Waals surface area contributed by atoms with Crippen molar-refractivity contribution in [2.75, 3.05) is 11.6 Å². The Bertz CT molecular complexity index is 292. The fourth-order valence-corrected chi connectivity index (χ4v) is 3.34. The molecule has 0 aliphatic heterocycles. The number of alkyl halides is 1. The number of sulfonamides is 1. The molecule has 14 heavy (non-hydrogen) atoms. The van der Waals surface area contributed by atoms with Crippen molar-refractivity contribution in [2.24, 2.45) is 5.92 Å². The van der Waals surface area contributed by atoms with Crippen molar-refractivity contribution in [3.05, 3.63) is 12.2 Å². The molecule has 0 aromatic heterocycles. The quantitative estimate of drug-likeness (QED) is 0.582. The normalized spacial score (nSPS) is 20.1. The van der Waals surface area contributed by atoms with Gasteiger partial charge in [-0.3, -0.25) is 0 Å². The summed E-state index contributed by atoms with van der Waals surface area (Å²) in [5.74, 6) is 0.500. The maximum atomic E-state index is 11.6. The van der Waals surface area contributed by atoms with Gasteiger partial charge < -0.3 is 0 Å². The van der Waals surface area contributed by atoms with Crippen molar-refractivity contribution in [2.45, 2.75) is 25.8 Å². The summed E-state index contributed by atoms with van der Waals surface area (Å²) in [6, 6.07) is 0.0579. The van der Waals surface area contributed by atoms with Gasteiger partial charge in [0.1, 0.15) is 0 Å². The Morgan fingerprint density at radius 1 is 1.50 bits per heavy atom. The lowest BCUT2D eigenvalue weighted by Crippen LogP contribution is -2.36. The van der Waals surface area contributed by atoms with Crippen LogP contribution >= 0.6 is 11.6 Å². The molecule has 5 heteroatoms. The van der Waals surface area contributed by atoms with Gasteiger partial charge in [0, 0.05) is 11.9 Å². The summed E-state index contributed by atoms with van der Waals surface area (Å²) in [5, 5.41) is 0. The standard InChI is InChI=1S/C9H16ClNO2S/c1-8(6-10)7-14(12,13)11-9-4-2-3-5-9/h2-3,8-9,11H,4-7H2,1H3. The molecule has 0 aromatic carbocycles. The summed E-state index contributed by atoms with van der Waals surface area (Å²) in [7, 11) is -3.15. The van der Waals surface area contributed by atoms with Gasteiger partial charge in [0.2, 0.25) is 10.0 Å². The molecule has 0 amide bonds. The first-order valence-corrected chi connectivity index (χ1v) is 6.93. The van der Waals surface area contributed by atoms with Crippen molar-refractivity contribution < 1.29 is 8.42 Å². The third-order valence-corrected chi connectivity index (χ3v) is 4.35. The molecule has 0 heterocycles. The van der Waals surface area contributed by atoms with Gasteiger partial charge in [-0.25, -0.2) is 13.1 Å². The summed E-state index contributed by atoms with van der Waals surface area (Å²) in [6.45, 7) is 1.83. The van der Waals surface area contributed by atoms with Crippen molar-refractivity contribution in [1.29, 1.82) is 0 Å². The van der Waals surface area contributed by atoms with E-state index in [1.165, 1.54) is 0 Å². The highest BCUT2D eigenvalue weighted by Crippen LogP contribution is 2.11. The highest BCUT2D eigenvalue weighted by molar-refractivity contribution is 7.89. The topological polar surface area (TPSA) is 46.2 Å². The van der Waals surface area contributed by atoms with Crippen LogP contribution in [-0.4, -0.2) is 26.1 Å². The van der Waals surface area contributed by atoms with E-state index in [0.29, 0.717) is 5.88 Å². The molecule has 0 bridgehead atoms. The van der Waals surface area contributed by atoms with Crippen LogP contribution in [0.1, 0.15) is 19.8 Å². The minimum Gasteiger partial charge on any atom is -0.212 e. The summed E-state index contributed by atoms with van der Waals surface area (Å²) in [6.07, 6.45) is 5.60. The van der Waals surface area contributed by atoms with E-state index < -0.39 is 10.0 Å². The largest absolute Gasteiger partial charge is 0.212 e. The highest BCUT2D eigenvalue weighted by Gasteiger charge is 2.20. The number of rotatable bonds is 5. The predicted octanol–water partition coefficient (Wildman–Crippen LogP) is 1.50. The van der Waals surface area contributed by atoms with Crippen LogP contribution in [0.15, 0.2) is 12.2 Å². The van der Waals surface area contributed by atoms with Gasteiger partial charge in [-0.2, -0.15) is 0 Å². The Morgan fingerprint density at radius 3 is 2.57 bits per heavy atom. The van der Waals surface area contributed by atoms with E-state index in [-0.39, 0.29) is 17.7 Å². The molecule has 0 saturated heterocycles. The van der Waals surface area contributed by atoms with E-state index in [2.05, 4.69) is 4.72 Å². The molecular weight excluding hydrogens is 222 g/mol. The Kier molecular flexibility index (Phi) is 4.41. The van der Waals surface area contributed by atoms with E-state index >= 15 is 0 Å². The lowest BCUT2D eigenvalue weighted by molar-refractivity contribution is 0.547. The van der Waals surface area contributed by atoms with Gasteiger partial charge in [0.25, 0.3) is 0 Å². The van der Waals surface area contributed by atoms with Gasteiger partial charge in [0.05, 0.1) is 5.75 Å². The summed E-state index contributed by atoms with van der Waals surface area (Å²) in [4.78, 5) is 0. The maximum Gasteiger partial charge on any atom is 0.212 e. The zero-order valence-electron chi connectivity index (χ0n) is 8.24. The molecule has 1 aliphatic rings. The minimum atomic E-state index is -3.15. The average Bonchev–Trinajstić information content (AvgIpc) is 2.54. The molecule has 0 saturated carbocycles. The van der Waals surface area contributed by atoms with Crippen LogP contribution in [0.2, 0.25) is 0 Å². The van der Waals surface area contributed by atoms with Crippen LogP contribution in [-0.2, 0) is 10.0 Å². The van der Waals surface area contributed by atoms with Crippen LogP contribution < -0.4 is 4.72 Å². The Labute approximate surface area is 90.6 Å². The molecule has 0 radical (unpaired) electrons. The SMILES string of the molecule is CC(CCl)CS(=O)(=O)NC1CC=CC1. The molecule has 0 spiro atoms. The summed E-state index contributed by atoms with van der Waals surface area (Å²) < 4.78 is 25.8. The van der Waals surface area contributed by atoms with Crippen molar-refractivity contribution >= 4 is 21.6 Å². The molecule has 1 atom stereocenters. The Hall–Kier alpha value is -0.0600. The zero-order chi connectivity index (χ0) is 10.6. The molecule has 1 unspecified atom stereocenters. The van der Waals surface area contributed by atoms with Crippen LogP contribution in [0.4, 0.5) is 0 Å². The minimum absolute atomic E-state index is 0.00327. The van der Waals surface area contributed by atoms with Gasteiger partial charge in [0.15, 0.2) is 0 Å². The summed E-state index contributed by atoms with van der Waals surface area (Å²) in [5.41, 5.74) is 0. The first-order valence-electron chi connectivity index (χ1n) is 4.74. The van der Waals surface area contributed by atoms with E-state index in [1.54, 1.807) is 0 Å². The van der Waals surface area contributed by atoms with Gasteiger partial charge >= 0.3 is 0 Å². The first kappa shape index (κ1) is 12.0. The van der Waals surface area contributed by atoms with Crippen molar-refractivity contribution in [3.63, 3.8) is 0 Å². The molecule has 1 rings (SSSR count). The number of hydrogen-bond acceptors (Lipinski definition) is 2. The predicted molar refractivity (Wildman–Crippen MR) is 59.0 cm³/mol. The molecule has 82 valence electrons. The van der Waals surface area contributed by atoms with Gasteiger partial charge in [-0.1, -0.05) is 19.1 Å². The third-order valence-electron chi connectivity index (χ3n) is 2.12. The smallest absolute Gasteiger partial charge is 0.212 e. The fourth-order valence-electron chi connectivity index (χ4n) is 1.43. The zero-order valence-corrected chi connectivity index (χ0v) is 9.81. The van der Waals surface area contributed by atoms with E-state index in [9.17, 15) is 8.42 Å². The molecule has 1 aliphatic carbocycles.